The molecule has 4 nitrogen and oxygen atoms in total. The molecular weight excluding hydrogens is 407 g/mol. The van der Waals surface area contributed by atoms with Crippen molar-refractivity contribution in [3.63, 3.8) is 0 Å². The summed E-state index contributed by atoms with van der Waals surface area (Å²) in [6.07, 6.45) is 2.03. The summed E-state index contributed by atoms with van der Waals surface area (Å²) in [4.78, 5) is 11.0. The highest BCUT2D eigenvalue weighted by atomic mass is 19.1. The maximum atomic E-state index is 13.7. The van der Waals surface area contributed by atoms with Gasteiger partial charge in [-0.2, -0.15) is 0 Å². The molecule has 3 rings (SSSR count). The van der Waals surface area contributed by atoms with Crippen molar-refractivity contribution >= 4 is 5.97 Å². The summed E-state index contributed by atoms with van der Waals surface area (Å²) in [6, 6.07) is 19.8. The number of benzene rings is 3. The maximum Gasteiger partial charge on any atom is 0.303 e. The Bertz CT molecular complexity index is 1050. The molecule has 0 aliphatic heterocycles. The fourth-order valence-corrected chi connectivity index (χ4v) is 3.45. The van der Waals surface area contributed by atoms with E-state index in [-0.39, 0.29) is 18.2 Å². The van der Waals surface area contributed by atoms with Gasteiger partial charge in [0.15, 0.2) is 0 Å². The second kappa shape index (κ2) is 11.3. The highest BCUT2D eigenvalue weighted by Crippen LogP contribution is 2.32. The Kier molecular flexibility index (Phi) is 8.26. The lowest BCUT2D eigenvalue weighted by Crippen LogP contribution is -2.03. The van der Waals surface area contributed by atoms with Gasteiger partial charge in [0.2, 0.25) is 0 Å². The number of rotatable bonds is 11. The van der Waals surface area contributed by atoms with Crippen molar-refractivity contribution in [3.05, 3.63) is 83.7 Å². The Morgan fingerprint density at radius 3 is 2.59 bits per heavy atom. The van der Waals surface area contributed by atoms with Crippen LogP contribution >= 0.6 is 0 Å². The van der Waals surface area contributed by atoms with Crippen LogP contribution in [-0.2, 0) is 11.4 Å². The summed E-state index contributed by atoms with van der Waals surface area (Å²) in [6.45, 7) is 4.92. The highest BCUT2D eigenvalue weighted by molar-refractivity contribution is 5.71. The van der Waals surface area contributed by atoms with Gasteiger partial charge in [0.1, 0.15) is 23.9 Å². The second-order valence-electron chi connectivity index (χ2n) is 7.90. The van der Waals surface area contributed by atoms with Crippen molar-refractivity contribution < 1.29 is 23.8 Å². The molecule has 0 unspecified atom stereocenters. The maximum absolute atomic E-state index is 13.7. The van der Waals surface area contributed by atoms with Gasteiger partial charge >= 0.3 is 5.97 Å². The van der Waals surface area contributed by atoms with Gasteiger partial charge in [-0.25, -0.2) is 4.39 Å². The van der Waals surface area contributed by atoms with E-state index in [1.807, 2.05) is 55.5 Å². The monoisotopic (exact) mass is 436 g/mol. The summed E-state index contributed by atoms with van der Waals surface area (Å²) in [5.74, 6) is 0.181. The number of carboxylic acids is 1. The first-order valence-electron chi connectivity index (χ1n) is 10.9. The lowest BCUT2D eigenvalue weighted by atomic mass is 9.98. The molecule has 0 radical (unpaired) electrons. The minimum Gasteiger partial charge on any atom is -0.493 e. The van der Waals surface area contributed by atoms with Gasteiger partial charge in [-0.05, 0) is 59.4 Å². The molecule has 0 fully saturated rings. The van der Waals surface area contributed by atoms with E-state index in [0.717, 1.165) is 35.1 Å². The van der Waals surface area contributed by atoms with Crippen molar-refractivity contribution in [2.75, 3.05) is 6.61 Å². The van der Waals surface area contributed by atoms with Crippen molar-refractivity contribution in [3.8, 4) is 22.6 Å². The number of unbranched alkanes of at least 4 members (excludes halogenated alkanes) is 1. The van der Waals surface area contributed by atoms with Gasteiger partial charge in [0.05, 0.1) is 13.0 Å². The molecule has 0 saturated carbocycles. The molecule has 3 aromatic rings. The molecule has 0 amide bonds. The van der Waals surface area contributed by atoms with Crippen LogP contribution in [0.1, 0.15) is 50.2 Å². The largest absolute Gasteiger partial charge is 0.493 e. The van der Waals surface area contributed by atoms with Crippen LogP contribution in [0.5, 0.6) is 11.5 Å². The molecule has 0 heterocycles. The van der Waals surface area contributed by atoms with Gasteiger partial charge in [-0.1, -0.05) is 56.7 Å². The van der Waals surface area contributed by atoms with Crippen LogP contribution in [0.3, 0.4) is 0 Å². The molecular formula is C27H29FO4. The Morgan fingerprint density at radius 2 is 1.84 bits per heavy atom. The van der Waals surface area contributed by atoms with E-state index in [2.05, 4.69) is 6.92 Å². The summed E-state index contributed by atoms with van der Waals surface area (Å²) in [7, 11) is 0. The van der Waals surface area contributed by atoms with Crippen LogP contribution in [0.2, 0.25) is 0 Å². The fourth-order valence-electron chi connectivity index (χ4n) is 3.45. The molecule has 0 spiro atoms. The van der Waals surface area contributed by atoms with Gasteiger partial charge in [-0.3, -0.25) is 4.79 Å². The zero-order valence-corrected chi connectivity index (χ0v) is 18.5. The third kappa shape index (κ3) is 6.58. The Hall–Kier alpha value is -3.34. The van der Waals surface area contributed by atoms with Gasteiger partial charge in [0, 0.05) is 5.56 Å². The highest BCUT2D eigenvalue weighted by Gasteiger charge is 2.12. The van der Waals surface area contributed by atoms with E-state index in [9.17, 15) is 9.18 Å². The average Bonchev–Trinajstić information content (AvgIpc) is 2.78. The molecule has 1 N–H and O–H groups in total. The molecule has 3 aromatic carbocycles. The van der Waals surface area contributed by atoms with Crippen molar-refractivity contribution in [1.29, 1.82) is 0 Å². The number of ether oxygens (including phenoxy) is 2. The summed E-state index contributed by atoms with van der Waals surface area (Å²) >= 11 is 0. The molecule has 0 saturated heterocycles. The SMILES string of the molecule is CCCCOc1cc(COc2cccc([C@@H](C)CC(=O)O)c2)ccc1-c1cccc(F)c1. The number of hydrogen-bond donors (Lipinski definition) is 1. The third-order valence-electron chi connectivity index (χ3n) is 5.25. The number of carbonyl (C=O) groups is 1. The molecule has 1 atom stereocenters. The zero-order chi connectivity index (χ0) is 22.9. The van der Waals surface area contributed by atoms with Crippen LogP contribution in [0.15, 0.2) is 66.7 Å². The lowest BCUT2D eigenvalue weighted by molar-refractivity contribution is -0.137. The van der Waals surface area contributed by atoms with E-state index < -0.39 is 5.97 Å². The van der Waals surface area contributed by atoms with E-state index in [0.29, 0.717) is 24.7 Å². The Balaban J connectivity index is 1.77. The molecule has 0 aliphatic carbocycles. The minimum absolute atomic E-state index is 0.0729. The molecule has 0 aromatic heterocycles. The van der Waals surface area contributed by atoms with E-state index in [1.54, 1.807) is 6.07 Å². The van der Waals surface area contributed by atoms with E-state index in [1.165, 1.54) is 12.1 Å². The quantitative estimate of drug-likeness (QED) is 0.335. The first-order chi connectivity index (χ1) is 15.5. The minimum atomic E-state index is -0.821. The first kappa shape index (κ1) is 23.3. The standard InChI is InChI=1S/C27H29FO4/c1-3-4-13-31-26-15-20(11-12-25(26)22-8-5-9-23(28)16-22)18-32-24-10-6-7-21(17-24)19(2)14-27(29)30/h5-12,15-17,19H,3-4,13-14,18H2,1-2H3,(H,29,30)/t19-/m0/s1. The first-order valence-corrected chi connectivity index (χ1v) is 10.9. The van der Waals surface area contributed by atoms with Gasteiger partial charge < -0.3 is 14.6 Å². The summed E-state index contributed by atoms with van der Waals surface area (Å²) in [5.41, 5.74) is 3.47. The topological polar surface area (TPSA) is 55.8 Å². The zero-order valence-electron chi connectivity index (χ0n) is 18.5. The van der Waals surface area contributed by atoms with Crippen LogP contribution < -0.4 is 9.47 Å². The van der Waals surface area contributed by atoms with Crippen molar-refractivity contribution in [2.45, 2.75) is 45.6 Å². The van der Waals surface area contributed by atoms with Crippen molar-refractivity contribution in [1.82, 2.24) is 0 Å². The van der Waals surface area contributed by atoms with E-state index in [4.69, 9.17) is 14.6 Å². The van der Waals surface area contributed by atoms with Crippen LogP contribution in [0.4, 0.5) is 4.39 Å². The normalized spacial score (nSPS) is 11.7. The molecule has 0 aliphatic rings. The predicted octanol–water partition coefficient (Wildman–Crippen LogP) is 6.83. The Labute approximate surface area is 188 Å². The van der Waals surface area contributed by atoms with Gasteiger partial charge in [-0.15, -0.1) is 0 Å². The number of hydrogen-bond acceptors (Lipinski definition) is 3. The van der Waals surface area contributed by atoms with Crippen LogP contribution in [0, 0.1) is 5.82 Å². The molecule has 5 heteroatoms. The second-order valence-corrected chi connectivity index (χ2v) is 7.90. The smallest absolute Gasteiger partial charge is 0.303 e. The lowest BCUT2D eigenvalue weighted by Gasteiger charge is -2.15. The average molecular weight is 437 g/mol. The summed E-state index contributed by atoms with van der Waals surface area (Å²) < 4.78 is 25.7. The number of halogens is 1. The summed E-state index contributed by atoms with van der Waals surface area (Å²) in [5, 5.41) is 9.03. The van der Waals surface area contributed by atoms with Crippen LogP contribution in [-0.4, -0.2) is 17.7 Å². The number of aliphatic carboxylic acids is 1. The van der Waals surface area contributed by atoms with Gasteiger partial charge in [0.25, 0.3) is 0 Å². The van der Waals surface area contributed by atoms with Crippen LogP contribution in [0.25, 0.3) is 11.1 Å². The van der Waals surface area contributed by atoms with Crippen molar-refractivity contribution in [2.24, 2.45) is 0 Å². The molecule has 32 heavy (non-hydrogen) atoms. The third-order valence-corrected chi connectivity index (χ3v) is 5.25. The van der Waals surface area contributed by atoms with E-state index >= 15 is 0 Å². The molecule has 168 valence electrons. The number of carboxylic acid groups (broad SMARTS) is 1. The molecule has 0 bridgehead atoms. The fraction of sp³-hybridized carbons (Fsp3) is 0.296. The Morgan fingerprint density at radius 1 is 1.03 bits per heavy atom. The predicted molar refractivity (Wildman–Crippen MR) is 124 cm³/mol.